The summed E-state index contributed by atoms with van der Waals surface area (Å²) < 4.78 is 5.19. The van der Waals surface area contributed by atoms with Crippen LogP contribution in [0.1, 0.15) is 16.9 Å². The number of amides is 1. The summed E-state index contributed by atoms with van der Waals surface area (Å²) in [7, 11) is 1.65. The number of benzene rings is 1. The van der Waals surface area contributed by atoms with E-state index < -0.39 is 0 Å². The zero-order chi connectivity index (χ0) is 18.6. The van der Waals surface area contributed by atoms with E-state index in [1.165, 1.54) is 0 Å². The monoisotopic (exact) mass is 363 g/mol. The molecule has 0 spiro atoms. The summed E-state index contributed by atoms with van der Waals surface area (Å²) in [5.41, 5.74) is 2.44. The molecule has 1 amide bonds. The van der Waals surface area contributed by atoms with Crippen LogP contribution < -0.4 is 15.0 Å². The van der Waals surface area contributed by atoms with E-state index in [2.05, 4.69) is 25.4 Å². The molecule has 2 aromatic heterocycles. The number of rotatable bonds is 5. The van der Waals surface area contributed by atoms with Gasteiger partial charge in [0.15, 0.2) is 5.82 Å². The Morgan fingerprint density at radius 3 is 2.85 bits per heavy atom. The predicted molar refractivity (Wildman–Crippen MR) is 103 cm³/mol. The summed E-state index contributed by atoms with van der Waals surface area (Å²) >= 11 is 0. The maximum absolute atomic E-state index is 12.3. The number of nitrogens with zero attached hydrogens (tertiary/aromatic N) is 3. The minimum atomic E-state index is -0.136. The van der Waals surface area contributed by atoms with Gasteiger partial charge in [-0.15, -0.1) is 0 Å². The average Bonchev–Trinajstić information content (AvgIpc) is 3.38. The van der Waals surface area contributed by atoms with Crippen molar-refractivity contribution < 1.29 is 9.53 Å². The van der Waals surface area contributed by atoms with Crippen LogP contribution in [0.4, 0.5) is 5.82 Å². The molecule has 1 unspecified atom stereocenters. The quantitative estimate of drug-likeness (QED) is 0.728. The molecule has 1 aliphatic rings. The van der Waals surface area contributed by atoms with E-state index >= 15 is 0 Å². The van der Waals surface area contributed by atoms with Crippen molar-refractivity contribution in [1.82, 2.24) is 20.5 Å². The number of H-pyrrole nitrogens is 1. The van der Waals surface area contributed by atoms with Gasteiger partial charge < -0.3 is 15.0 Å². The van der Waals surface area contributed by atoms with Crippen molar-refractivity contribution >= 4 is 11.7 Å². The standard InChI is InChI=1S/C20H21N5O2/c1-27-16-7-5-14(6-8-16)18-12-19(24-23-18)25-11-9-15(13-25)22-20(26)17-4-2-3-10-21-17/h2-8,10,12,15H,9,11,13H2,1H3,(H,22,26)(H,23,24). The zero-order valence-corrected chi connectivity index (χ0v) is 15.1. The average molecular weight is 363 g/mol. The predicted octanol–water partition coefficient (Wildman–Crippen LogP) is 2.49. The zero-order valence-electron chi connectivity index (χ0n) is 15.1. The van der Waals surface area contributed by atoms with Gasteiger partial charge in [-0.05, 0) is 48.4 Å². The van der Waals surface area contributed by atoms with Gasteiger partial charge in [0.1, 0.15) is 11.4 Å². The summed E-state index contributed by atoms with van der Waals surface area (Å²) in [5, 5.41) is 10.6. The van der Waals surface area contributed by atoms with Crippen molar-refractivity contribution in [3.05, 3.63) is 60.4 Å². The van der Waals surface area contributed by atoms with Gasteiger partial charge in [0.05, 0.1) is 12.8 Å². The highest BCUT2D eigenvalue weighted by atomic mass is 16.5. The van der Waals surface area contributed by atoms with Crippen LogP contribution in [0.15, 0.2) is 54.7 Å². The van der Waals surface area contributed by atoms with Crippen LogP contribution in [0.25, 0.3) is 11.3 Å². The number of aromatic nitrogens is 3. The van der Waals surface area contributed by atoms with Crippen molar-refractivity contribution in [2.75, 3.05) is 25.1 Å². The van der Waals surface area contributed by atoms with Gasteiger partial charge in [0.2, 0.25) is 0 Å². The molecular formula is C20H21N5O2. The van der Waals surface area contributed by atoms with E-state index in [9.17, 15) is 4.79 Å². The molecular weight excluding hydrogens is 342 g/mol. The van der Waals surface area contributed by atoms with Crippen LogP contribution in [0.2, 0.25) is 0 Å². The molecule has 1 aromatic carbocycles. The van der Waals surface area contributed by atoms with Crippen LogP contribution in [0, 0.1) is 0 Å². The van der Waals surface area contributed by atoms with E-state index in [0.29, 0.717) is 5.69 Å². The minimum absolute atomic E-state index is 0.0839. The molecule has 0 saturated carbocycles. The van der Waals surface area contributed by atoms with Gasteiger partial charge in [0.25, 0.3) is 5.91 Å². The molecule has 2 N–H and O–H groups in total. The van der Waals surface area contributed by atoms with Gasteiger partial charge in [-0.3, -0.25) is 14.9 Å². The number of anilines is 1. The SMILES string of the molecule is COc1ccc(-c2cc(N3CCC(NC(=O)c4ccccn4)C3)n[nH]2)cc1. The Morgan fingerprint density at radius 1 is 1.26 bits per heavy atom. The van der Waals surface area contributed by atoms with E-state index in [4.69, 9.17) is 4.74 Å². The van der Waals surface area contributed by atoms with E-state index in [0.717, 1.165) is 42.3 Å². The van der Waals surface area contributed by atoms with E-state index in [1.54, 1.807) is 25.4 Å². The first-order chi connectivity index (χ1) is 13.2. The number of carbonyl (C=O) groups excluding carboxylic acids is 1. The highest BCUT2D eigenvalue weighted by molar-refractivity contribution is 5.92. The lowest BCUT2D eigenvalue weighted by Gasteiger charge is -2.15. The van der Waals surface area contributed by atoms with Crippen molar-refractivity contribution in [1.29, 1.82) is 0 Å². The lowest BCUT2D eigenvalue weighted by Crippen LogP contribution is -2.37. The van der Waals surface area contributed by atoms with Crippen molar-refractivity contribution in [2.45, 2.75) is 12.5 Å². The second-order valence-corrected chi connectivity index (χ2v) is 6.49. The van der Waals surface area contributed by atoms with Gasteiger partial charge >= 0.3 is 0 Å². The molecule has 27 heavy (non-hydrogen) atoms. The van der Waals surface area contributed by atoms with Gasteiger partial charge in [-0.2, -0.15) is 5.10 Å². The number of hydrogen-bond acceptors (Lipinski definition) is 5. The lowest BCUT2D eigenvalue weighted by atomic mass is 10.1. The number of methoxy groups -OCH3 is 1. The fourth-order valence-corrected chi connectivity index (χ4v) is 3.23. The first-order valence-electron chi connectivity index (χ1n) is 8.89. The smallest absolute Gasteiger partial charge is 0.270 e. The lowest BCUT2D eigenvalue weighted by molar-refractivity contribution is 0.0935. The number of aromatic amines is 1. The number of carbonyl (C=O) groups is 1. The van der Waals surface area contributed by atoms with Crippen molar-refractivity contribution in [3.63, 3.8) is 0 Å². The van der Waals surface area contributed by atoms with Gasteiger partial charge in [0, 0.05) is 31.4 Å². The maximum Gasteiger partial charge on any atom is 0.270 e. The molecule has 7 nitrogen and oxygen atoms in total. The third kappa shape index (κ3) is 3.76. The second kappa shape index (κ2) is 7.49. The first-order valence-corrected chi connectivity index (χ1v) is 8.89. The third-order valence-corrected chi connectivity index (χ3v) is 4.71. The van der Waals surface area contributed by atoms with Crippen LogP contribution >= 0.6 is 0 Å². The molecule has 1 atom stereocenters. The van der Waals surface area contributed by atoms with Crippen LogP contribution in [-0.4, -0.2) is 47.3 Å². The molecule has 0 radical (unpaired) electrons. The molecule has 1 saturated heterocycles. The molecule has 1 aliphatic heterocycles. The molecule has 0 bridgehead atoms. The summed E-state index contributed by atoms with van der Waals surface area (Å²) in [6, 6.07) is 15.3. The molecule has 7 heteroatoms. The Bertz CT molecular complexity index is 908. The molecule has 4 rings (SSSR count). The number of pyridine rings is 1. The first kappa shape index (κ1) is 17.1. The van der Waals surface area contributed by atoms with Gasteiger partial charge in [-0.25, -0.2) is 0 Å². The molecule has 3 aromatic rings. The van der Waals surface area contributed by atoms with Crippen LogP contribution in [0.5, 0.6) is 5.75 Å². The normalized spacial score (nSPS) is 16.3. The Kier molecular flexibility index (Phi) is 4.74. The molecule has 138 valence electrons. The molecule has 1 fully saturated rings. The Morgan fingerprint density at radius 2 is 2.11 bits per heavy atom. The minimum Gasteiger partial charge on any atom is -0.497 e. The number of nitrogens with one attached hydrogen (secondary N) is 2. The van der Waals surface area contributed by atoms with Crippen LogP contribution in [0.3, 0.4) is 0 Å². The van der Waals surface area contributed by atoms with Crippen LogP contribution in [-0.2, 0) is 0 Å². The van der Waals surface area contributed by atoms with Crippen molar-refractivity contribution in [2.24, 2.45) is 0 Å². The second-order valence-electron chi connectivity index (χ2n) is 6.49. The highest BCUT2D eigenvalue weighted by Gasteiger charge is 2.26. The number of ether oxygens (including phenoxy) is 1. The largest absolute Gasteiger partial charge is 0.497 e. The summed E-state index contributed by atoms with van der Waals surface area (Å²) in [6.45, 7) is 1.57. The maximum atomic E-state index is 12.3. The Balaban J connectivity index is 1.39. The fraction of sp³-hybridized carbons (Fsp3) is 0.250. The third-order valence-electron chi connectivity index (χ3n) is 4.71. The van der Waals surface area contributed by atoms with E-state index in [1.807, 2.05) is 36.4 Å². The molecule has 0 aliphatic carbocycles. The summed E-state index contributed by atoms with van der Waals surface area (Å²) in [6.07, 6.45) is 2.50. The Labute approximate surface area is 157 Å². The Hall–Kier alpha value is -3.35. The highest BCUT2D eigenvalue weighted by Crippen LogP contribution is 2.26. The number of hydrogen-bond donors (Lipinski definition) is 2. The fourth-order valence-electron chi connectivity index (χ4n) is 3.23. The van der Waals surface area contributed by atoms with Crippen molar-refractivity contribution in [3.8, 4) is 17.0 Å². The molecule has 3 heterocycles. The van der Waals surface area contributed by atoms with E-state index in [-0.39, 0.29) is 11.9 Å². The summed E-state index contributed by atoms with van der Waals surface area (Å²) in [4.78, 5) is 18.5. The summed E-state index contributed by atoms with van der Waals surface area (Å²) in [5.74, 6) is 1.57. The van der Waals surface area contributed by atoms with Gasteiger partial charge in [-0.1, -0.05) is 6.07 Å². The topological polar surface area (TPSA) is 83.1 Å².